The lowest BCUT2D eigenvalue weighted by atomic mass is 10.1. The van der Waals surface area contributed by atoms with Crippen molar-refractivity contribution in [1.29, 1.82) is 0 Å². The molecule has 1 atom stereocenters. The molecule has 0 N–H and O–H groups in total. The van der Waals surface area contributed by atoms with Crippen molar-refractivity contribution in [3.63, 3.8) is 0 Å². The third kappa shape index (κ3) is 6.10. The number of unbranched alkanes of at least 4 members (excludes halogenated alkanes) is 1. The molecular formula is C11H19BrO4. The minimum absolute atomic E-state index is 0.284. The average Bonchev–Trinajstić information content (AvgIpc) is 2.26. The van der Waals surface area contributed by atoms with E-state index < -0.39 is 17.9 Å². The maximum Gasteiger partial charge on any atom is 0.320 e. The van der Waals surface area contributed by atoms with Gasteiger partial charge in [0.25, 0.3) is 0 Å². The van der Waals surface area contributed by atoms with Crippen LogP contribution < -0.4 is 0 Å². The van der Waals surface area contributed by atoms with Crippen molar-refractivity contribution >= 4 is 27.9 Å². The maximum atomic E-state index is 11.5. The molecule has 94 valence electrons. The number of carbonyl (C=O) groups excluding carboxylic acids is 2. The lowest BCUT2D eigenvalue weighted by molar-refractivity contribution is -0.162. The molecule has 0 aromatic heterocycles. The van der Waals surface area contributed by atoms with Gasteiger partial charge in [0, 0.05) is 5.33 Å². The second-order valence-electron chi connectivity index (χ2n) is 3.28. The maximum absolute atomic E-state index is 11.5. The van der Waals surface area contributed by atoms with E-state index >= 15 is 0 Å². The van der Waals surface area contributed by atoms with Gasteiger partial charge in [-0.25, -0.2) is 0 Å². The molecule has 0 saturated carbocycles. The van der Waals surface area contributed by atoms with E-state index in [1.807, 2.05) is 0 Å². The fourth-order valence-electron chi connectivity index (χ4n) is 1.14. The Balaban J connectivity index is 3.96. The minimum Gasteiger partial charge on any atom is -0.465 e. The van der Waals surface area contributed by atoms with Crippen LogP contribution in [0.5, 0.6) is 0 Å². The molecule has 0 aliphatic rings. The summed E-state index contributed by atoms with van der Waals surface area (Å²) in [5, 5.41) is 0.889. The zero-order valence-electron chi connectivity index (χ0n) is 9.83. The molecule has 0 aromatic rings. The van der Waals surface area contributed by atoms with E-state index in [0.29, 0.717) is 13.0 Å². The number of hydrogen-bond donors (Lipinski definition) is 0. The highest BCUT2D eigenvalue weighted by Crippen LogP contribution is 2.08. The molecule has 0 fully saturated rings. The lowest BCUT2D eigenvalue weighted by Crippen LogP contribution is -2.27. The van der Waals surface area contributed by atoms with E-state index in [9.17, 15) is 9.59 Å². The van der Waals surface area contributed by atoms with Crippen LogP contribution in [0, 0.1) is 5.92 Å². The van der Waals surface area contributed by atoms with Crippen LogP contribution in [0.3, 0.4) is 0 Å². The van der Waals surface area contributed by atoms with Crippen LogP contribution in [0.4, 0.5) is 0 Å². The summed E-state index contributed by atoms with van der Waals surface area (Å²) < 4.78 is 9.80. The molecule has 0 saturated heterocycles. The zero-order chi connectivity index (χ0) is 12.4. The monoisotopic (exact) mass is 294 g/mol. The van der Waals surface area contributed by atoms with Gasteiger partial charge in [0.15, 0.2) is 5.92 Å². The third-order valence-corrected chi connectivity index (χ3v) is 2.60. The topological polar surface area (TPSA) is 52.6 Å². The van der Waals surface area contributed by atoms with Gasteiger partial charge in [0.1, 0.15) is 0 Å². The van der Waals surface area contributed by atoms with Crippen molar-refractivity contribution in [2.45, 2.75) is 33.1 Å². The van der Waals surface area contributed by atoms with Crippen LogP contribution >= 0.6 is 15.9 Å². The summed E-state index contributed by atoms with van der Waals surface area (Å²) in [6.07, 6.45) is 2.16. The lowest BCUT2D eigenvalue weighted by Gasteiger charge is -2.12. The van der Waals surface area contributed by atoms with Gasteiger partial charge in [0.2, 0.25) is 0 Å². The minimum atomic E-state index is -0.774. The van der Waals surface area contributed by atoms with Crippen molar-refractivity contribution in [3.05, 3.63) is 0 Å². The molecule has 0 amide bonds. The fourth-order valence-corrected chi connectivity index (χ4v) is 1.54. The van der Waals surface area contributed by atoms with Crippen LogP contribution in [0.25, 0.3) is 0 Å². The Morgan fingerprint density at radius 1 is 1.12 bits per heavy atom. The van der Waals surface area contributed by atoms with Crippen molar-refractivity contribution in [2.75, 3.05) is 18.5 Å². The van der Waals surface area contributed by atoms with Gasteiger partial charge < -0.3 is 9.47 Å². The highest BCUT2D eigenvalue weighted by Gasteiger charge is 2.27. The molecule has 0 aliphatic heterocycles. The Hall–Kier alpha value is -0.580. The van der Waals surface area contributed by atoms with Crippen molar-refractivity contribution in [1.82, 2.24) is 0 Å². The van der Waals surface area contributed by atoms with Crippen LogP contribution in [-0.4, -0.2) is 30.5 Å². The Labute approximate surface area is 105 Å². The molecule has 16 heavy (non-hydrogen) atoms. The van der Waals surface area contributed by atoms with E-state index in [1.165, 1.54) is 0 Å². The first kappa shape index (κ1) is 15.4. The molecule has 0 spiro atoms. The molecule has 0 heterocycles. The van der Waals surface area contributed by atoms with Crippen molar-refractivity contribution < 1.29 is 19.1 Å². The van der Waals surface area contributed by atoms with Gasteiger partial charge in [0.05, 0.1) is 13.2 Å². The van der Waals surface area contributed by atoms with Gasteiger partial charge >= 0.3 is 11.9 Å². The van der Waals surface area contributed by atoms with E-state index in [0.717, 1.165) is 18.2 Å². The SMILES string of the molecule is CCOC(=O)C(CC)C(=O)OCCCCBr. The molecule has 0 radical (unpaired) electrons. The predicted octanol–water partition coefficient (Wildman–Crippen LogP) is 2.29. The number of hydrogen-bond acceptors (Lipinski definition) is 4. The van der Waals surface area contributed by atoms with Crippen molar-refractivity contribution in [3.8, 4) is 0 Å². The largest absolute Gasteiger partial charge is 0.465 e. The normalized spacial score (nSPS) is 11.9. The molecule has 0 aromatic carbocycles. The molecule has 4 nitrogen and oxygen atoms in total. The first-order chi connectivity index (χ1) is 7.67. The van der Waals surface area contributed by atoms with Crippen molar-refractivity contribution in [2.24, 2.45) is 5.92 Å². The van der Waals surface area contributed by atoms with Crippen LogP contribution in [0.15, 0.2) is 0 Å². The van der Waals surface area contributed by atoms with Crippen LogP contribution in [0.2, 0.25) is 0 Å². The summed E-state index contributed by atoms with van der Waals surface area (Å²) in [6.45, 7) is 4.12. The summed E-state index contributed by atoms with van der Waals surface area (Å²) in [5.41, 5.74) is 0. The molecule has 0 bridgehead atoms. The highest BCUT2D eigenvalue weighted by molar-refractivity contribution is 9.09. The number of alkyl halides is 1. The smallest absolute Gasteiger partial charge is 0.320 e. The number of rotatable bonds is 8. The van der Waals surface area contributed by atoms with E-state index in [1.54, 1.807) is 13.8 Å². The zero-order valence-corrected chi connectivity index (χ0v) is 11.4. The Morgan fingerprint density at radius 2 is 1.75 bits per heavy atom. The predicted molar refractivity (Wildman–Crippen MR) is 64.4 cm³/mol. The highest BCUT2D eigenvalue weighted by atomic mass is 79.9. The summed E-state index contributed by atoms with van der Waals surface area (Å²) in [6, 6.07) is 0. The van der Waals surface area contributed by atoms with E-state index in [2.05, 4.69) is 15.9 Å². The van der Waals surface area contributed by atoms with Gasteiger partial charge in [-0.15, -0.1) is 0 Å². The number of esters is 2. The Bertz CT molecular complexity index is 218. The fraction of sp³-hybridized carbons (Fsp3) is 0.818. The summed E-state index contributed by atoms with van der Waals surface area (Å²) in [5.74, 6) is -1.74. The molecule has 0 aliphatic carbocycles. The average molecular weight is 295 g/mol. The summed E-state index contributed by atoms with van der Waals surface area (Å²) in [7, 11) is 0. The molecule has 5 heteroatoms. The standard InChI is InChI=1S/C11H19BrO4/c1-3-9(10(13)15-4-2)11(14)16-8-6-5-7-12/h9H,3-8H2,1-2H3. The first-order valence-electron chi connectivity index (χ1n) is 5.56. The molecule has 1 unspecified atom stereocenters. The number of halogens is 1. The van der Waals surface area contributed by atoms with Gasteiger partial charge in [-0.2, -0.15) is 0 Å². The number of ether oxygens (including phenoxy) is 2. The van der Waals surface area contributed by atoms with E-state index in [-0.39, 0.29) is 6.61 Å². The second kappa shape index (κ2) is 9.63. The van der Waals surface area contributed by atoms with Gasteiger partial charge in [-0.1, -0.05) is 22.9 Å². The summed E-state index contributed by atoms with van der Waals surface area (Å²) >= 11 is 3.29. The van der Waals surface area contributed by atoms with E-state index in [4.69, 9.17) is 9.47 Å². The Morgan fingerprint density at radius 3 is 2.25 bits per heavy atom. The number of carbonyl (C=O) groups is 2. The quantitative estimate of drug-likeness (QED) is 0.298. The van der Waals surface area contributed by atoms with Crippen LogP contribution in [0.1, 0.15) is 33.1 Å². The molecule has 0 rings (SSSR count). The Kier molecular flexibility index (Phi) is 9.28. The van der Waals surface area contributed by atoms with Gasteiger partial charge in [-0.05, 0) is 26.2 Å². The third-order valence-electron chi connectivity index (χ3n) is 2.04. The van der Waals surface area contributed by atoms with Crippen LogP contribution in [-0.2, 0) is 19.1 Å². The summed E-state index contributed by atoms with van der Waals surface area (Å²) in [4.78, 5) is 22.9. The van der Waals surface area contributed by atoms with Gasteiger partial charge in [-0.3, -0.25) is 9.59 Å². The first-order valence-corrected chi connectivity index (χ1v) is 6.68. The molecular weight excluding hydrogens is 276 g/mol. The second-order valence-corrected chi connectivity index (χ2v) is 4.07.